The van der Waals surface area contributed by atoms with E-state index >= 15 is 0 Å². The second kappa shape index (κ2) is 6.66. The van der Waals surface area contributed by atoms with Gasteiger partial charge in [-0.25, -0.2) is 4.68 Å². The Hall–Kier alpha value is -2.70. The molecule has 25 heavy (non-hydrogen) atoms. The van der Waals surface area contributed by atoms with Crippen molar-refractivity contribution in [2.75, 3.05) is 0 Å². The van der Waals surface area contributed by atoms with Gasteiger partial charge < -0.3 is 0 Å². The Morgan fingerprint density at radius 3 is 2.48 bits per heavy atom. The van der Waals surface area contributed by atoms with Gasteiger partial charge in [0.1, 0.15) is 0 Å². The quantitative estimate of drug-likeness (QED) is 0.546. The molecule has 0 unspecified atom stereocenters. The van der Waals surface area contributed by atoms with Crippen LogP contribution in [0.4, 0.5) is 0 Å². The van der Waals surface area contributed by atoms with Crippen molar-refractivity contribution in [3.05, 3.63) is 76.5 Å². The maximum absolute atomic E-state index is 6.04. The lowest BCUT2D eigenvalue weighted by molar-refractivity contribution is 0.573. The largest absolute Gasteiger partial charge is 0.240 e. The van der Waals surface area contributed by atoms with Gasteiger partial charge in [-0.15, -0.1) is 10.2 Å². The molecule has 0 N–H and O–H groups in total. The van der Waals surface area contributed by atoms with E-state index in [0.29, 0.717) is 22.4 Å². The monoisotopic (exact) mass is 370 g/mol. The van der Waals surface area contributed by atoms with Crippen LogP contribution < -0.4 is 0 Å². The average Bonchev–Trinajstić information content (AvgIpc) is 3.24. The van der Waals surface area contributed by atoms with Crippen molar-refractivity contribution < 1.29 is 0 Å². The summed E-state index contributed by atoms with van der Waals surface area (Å²) in [5.74, 6) is 0.510. The summed E-state index contributed by atoms with van der Waals surface area (Å²) in [6.45, 7) is 0.561. The fraction of sp³-hybridized carbons (Fsp3) is 0.0588. The summed E-state index contributed by atoms with van der Waals surface area (Å²) in [5, 5.41) is 18.0. The van der Waals surface area contributed by atoms with Gasteiger partial charge in [-0.3, -0.25) is 0 Å². The lowest BCUT2D eigenvalue weighted by Crippen LogP contribution is -2.03. The molecule has 0 aliphatic heterocycles. The molecule has 0 radical (unpaired) electrons. The molecule has 2 heterocycles. The van der Waals surface area contributed by atoms with Crippen molar-refractivity contribution in [2.45, 2.75) is 6.54 Å². The lowest BCUT2D eigenvalue weighted by atomic mass is 10.2. The highest BCUT2D eigenvalue weighted by Crippen LogP contribution is 2.23. The standard InChI is InChI=1S/C17H12Cl2N6/c18-14-6-15(19)8-16(7-14)24-11-13(9-20-24)17-21-23-25(22-17)10-12-4-2-1-3-5-12/h1-9,11H,10H2. The zero-order valence-electron chi connectivity index (χ0n) is 12.9. The Labute approximate surface area is 153 Å². The molecule has 0 aliphatic carbocycles. The van der Waals surface area contributed by atoms with Crippen molar-refractivity contribution in [1.82, 2.24) is 30.0 Å². The molecule has 0 spiro atoms. The van der Waals surface area contributed by atoms with Crippen LogP contribution in [-0.4, -0.2) is 30.0 Å². The molecule has 2 aromatic heterocycles. The van der Waals surface area contributed by atoms with Crippen LogP contribution in [0.5, 0.6) is 0 Å². The zero-order valence-corrected chi connectivity index (χ0v) is 14.4. The number of tetrazole rings is 1. The van der Waals surface area contributed by atoms with Crippen molar-refractivity contribution in [3.63, 3.8) is 0 Å². The van der Waals surface area contributed by atoms with E-state index < -0.39 is 0 Å². The number of hydrogen-bond acceptors (Lipinski definition) is 4. The summed E-state index contributed by atoms with van der Waals surface area (Å²) in [6.07, 6.45) is 3.49. The normalized spacial score (nSPS) is 11.0. The van der Waals surface area contributed by atoms with Gasteiger partial charge in [0.15, 0.2) is 0 Å². The van der Waals surface area contributed by atoms with Crippen LogP contribution in [0.1, 0.15) is 5.56 Å². The highest BCUT2D eigenvalue weighted by molar-refractivity contribution is 6.34. The van der Waals surface area contributed by atoms with E-state index in [1.165, 1.54) is 0 Å². The number of rotatable bonds is 4. The lowest BCUT2D eigenvalue weighted by Gasteiger charge is -2.02. The van der Waals surface area contributed by atoms with Crippen LogP contribution in [0.15, 0.2) is 60.9 Å². The third-order valence-corrected chi connectivity index (χ3v) is 4.01. The minimum Gasteiger partial charge on any atom is -0.240 e. The second-order valence-corrected chi connectivity index (χ2v) is 6.30. The van der Waals surface area contributed by atoms with E-state index in [0.717, 1.165) is 16.8 Å². The molecule has 6 nitrogen and oxygen atoms in total. The number of hydrogen-bond donors (Lipinski definition) is 0. The molecule has 2 aromatic carbocycles. The summed E-state index contributed by atoms with van der Waals surface area (Å²) in [6, 6.07) is 15.2. The smallest absolute Gasteiger partial charge is 0.208 e. The molecule has 0 amide bonds. The van der Waals surface area contributed by atoms with Crippen molar-refractivity contribution in [3.8, 4) is 17.1 Å². The first-order valence-electron chi connectivity index (χ1n) is 7.51. The predicted octanol–water partition coefficient (Wildman–Crippen LogP) is 3.88. The summed E-state index contributed by atoms with van der Waals surface area (Å²) in [7, 11) is 0. The minimum absolute atomic E-state index is 0.510. The molecular formula is C17H12Cl2N6. The van der Waals surface area contributed by atoms with Gasteiger partial charge in [0.25, 0.3) is 0 Å². The Balaban J connectivity index is 1.58. The first-order chi connectivity index (χ1) is 12.2. The van der Waals surface area contributed by atoms with Crippen LogP contribution in [0, 0.1) is 0 Å². The predicted molar refractivity (Wildman–Crippen MR) is 95.9 cm³/mol. The average molecular weight is 371 g/mol. The fourth-order valence-corrected chi connectivity index (χ4v) is 2.94. The summed E-state index contributed by atoms with van der Waals surface area (Å²) in [4.78, 5) is 1.55. The first kappa shape index (κ1) is 15.8. The van der Waals surface area contributed by atoms with Crippen LogP contribution in [0.25, 0.3) is 17.1 Å². The van der Waals surface area contributed by atoms with Crippen LogP contribution >= 0.6 is 23.2 Å². The zero-order chi connectivity index (χ0) is 17.2. The van der Waals surface area contributed by atoms with Crippen molar-refractivity contribution in [2.24, 2.45) is 0 Å². The van der Waals surface area contributed by atoms with Crippen LogP contribution in [0.2, 0.25) is 10.0 Å². The first-order valence-corrected chi connectivity index (χ1v) is 8.26. The molecule has 0 atom stereocenters. The Bertz CT molecular complexity index is 989. The number of benzene rings is 2. The fourth-order valence-electron chi connectivity index (χ4n) is 2.42. The van der Waals surface area contributed by atoms with E-state index in [9.17, 15) is 0 Å². The van der Waals surface area contributed by atoms with Gasteiger partial charge in [0, 0.05) is 16.2 Å². The number of aromatic nitrogens is 6. The molecule has 0 saturated heterocycles. The molecular weight excluding hydrogens is 359 g/mol. The summed E-state index contributed by atoms with van der Waals surface area (Å²) < 4.78 is 1.67. The molecule has 4 rings (SSSR count). The van der Waals surface area contributed by atoms with E-state index in [1.807, 2.05) is 36.5 Å². The van der Waals surface area contributed by atoms with Crippen molar-refractivity contribution >= 4 is 23.2 Å². The molecule has 8 heteroatoms. The molecule has 0 aliphatic rings. The van der Waals surface area contributed by atoms with E-state index in [1.54, 1.807) is 33.9 Å². The third-order valence-electron chi connectivity index (χ3n) is 3.57. The van der Waals surface area contributed by atoms with Gasteiger partial charge in [0.2, 0.25) is 5.82 Å². The molecule has 0 bridgehead atoms. The summed E-state index contributed by atoms with van der Waals surface area (Å²) >= 11 is 12.1. The Kier molecular flexibility index (Phi) is 4.21. The Morgan fingerprint density at radius 2 is 1.72 bits per heavy atom. The minimum atomic E-state index is 0.510. The van der Waals surface area contributed by atoms with Gasteiger partial charge in [-0.05, 0) is 29.0 Å². The topological polar surface area (TPSA) is 61.4 Å². The van der Waals surface area contributed by atoms with Gasteiger partial charge in [0.05, 0.1) is 24.0 Å². The Morgan fingerprint density at radius 1 is 0.960 bits per heavy atom. The maximum atomic E-state index is 6.04. The second-order valence-electron chi connectivity index (χ2n) is 5.43. The van der Waals surface area contributed by atoms with E-state index in [-0.39, 0.29) is 0 Å². The molecule has 124 valence electrons. The third kappa shape index (κ3) is 3.55. The molecule has 4 aromatic rings. The maximum Gasteiger partial charge on any atom is 0.208 e. The summed E-state index contributed by atoms with van der Waals surface area (Å²) in [5.41, 5.74) is 2.63. The molecule has 0 fully saturated rings. The SMILES string of the molecule is Clc1cc(Cl)cc(-n2cc(-c3nnn(Cc4ccccc4)n3)cn2)c1. The highest BCUT2D eigenvalue weighted by Gasteiger charge is 2.10. The van der Waals surface area contributed by atoms with Gasteiger partial charge in [-0.2, -0.15) is 9.90 Å². The number of nitrogens with zero attached hydrogens (tertiary/aromatic N) is 6. The number of halogens is 2. The van der Waals surface area contributed by atoms with Crippen LogP contribution in [-0.2, 0) is 6.54 Å². The van der Waals surface area contributed by atoms with Gasteiger partial charge in [-0.1, -0.05) is 53.5 Å². The highest BCUT2D eigenvalue weighted by atomic mass is 35.5. The van der Waals surface area contributed by atoms with E-state index in [2.05, 4.69) is 20.5 Å². The van der Waals surface area contributed by atoms with E-state index in [4.69, 9.17) is 23.2 Å². The van der Waals surface area contributed by atoms with Gasteiger partial charge >= 0.3 is 0 Å². The van der Waals surface area contributed by atoms with Crippen molar-refractivity contribution in [1.29, 1.82) is 0 Å². The molecule has 0 saturated carbocycles. The van der Waals surface area contributed by atoms with Crippen LogP contribution in [0.3, 0.4) is 0 Å².